The molecule has 51 heavy (non-hydrogen) atoms. The molecule has 0 N–H and O–H groups in total. The van der Waals surface area contributed by atoms with Crippen LogP contribution in [0.5, 0.6) is 0 Å². The molecule has 4 heteroatoms. The molecule has 2 nitrogen and oxygen atoms in total. The topological polar surface area (TPSA) is 8.17 Å². The molecule has 0 aliphatic carbocycles. The Morgan fingerprint density at radius 2 is 1.37 bits per heavy atom. The molecule has 8 aromatic carbocycles. The molecule has 3 aliphatic heterocycles. The van der Waals surface area contributed by atoms with Crippen LogP contribution in [0.4, 0.5) is 17.1 Å². The standard InChI is InChI=1S/C47H31BN2S/c1-27(2)30-20-22-34-40(25-30)50-39-16-9-15-38-45(39)48(36-24-32-19-18-29-12-6-7-13-33(29)43(32)44(34)47(36)50)35-14-8-17-41-46(35)49(38)37-23-21-31(26-42(37)51-41)28-10-4-3-5-11-28/h3-27H,1-2H3. The molecule has 238 valence electrons. The Kier molecular flexibility index (Phi) is 5.48. The van der Waals surface area contributed by atoms with Gasteiger partial charge in [0.1, 0.15) is 0 Å². The lowest BCUT2D eigenvalue weighted by Gasteiger charge is -2.43. The van der Waals surface area contributed by atoms with Crippen LogP contribution in [-0.4, -0.2) is 11.3 Å². The molecule has 12 rings (SSSR count). The van der Waals surface area contributed by atoms with E-state index >= 15 is 0 Å². The van der Waals surface area contributed by atoms with Gasteiger partial charge in [0, 0.05) is 31.9 Å². The molecule has 3 aliphatic rings. The molecule has 0 spiro atoms. The number of aromatic nitrogens is 1. The van der Waals surface area contributed by atoms with E-state index in [-0.39, 0.29) is 6.71 Å². The first-order chi connectivity index (χ1) is 25.1. The highest BCUT2D eigenvalue weighted by Crippen LogP contribution is 2.54. The van der Waals surface area contributed by atoms with Gasteiger partial charge >= 0.3 is 0 Å². The minimum Gasteiger partial charge on any atom is -0.310 e. The van der Waals surface area contributed by atoms with Crippen LogP contribution in [0.3, 0.4) is 0 Å². The SMILES string of the molecule is CC(C)c1ccc2c3c4c(ccc5ccccc54)cc4c3n(c2c1)-c1cccc2c1B4c1cccc3c1N2c1ccc(-c2ccccc2)cc1S3. The van der Waals surface area contributed by atoms with Crippen LogP contribution in [0.1, 0.15) is 25.3 Å². The van der Waals surface area contributed by atoms with Crippen molar-refractivity contribution in [3.8, 4) is 16.8 Å². The zero-order chi connectivity index (χ0) is 33.5. The van der Waals surface area contributed by atoms with Crippen molar-refractivity contribution in [1.82, 2.24) is 4.57 Å². The predicted molar refractivity (Wildman–Crippen MR) is 219 cm³/mol. The predicted octanol–water partition coefficient (Wildman–Crippen LogP) is 11.0. The third-order valence-corrected chi connectivity index (χ3v) is 12.8. The molecule has 4 heterocycles. The summed E-state index contributed by atoms with van der Waals surface area (Å²) in [5.74, 6) is 0.437. The highest BCUT2D eigenvalue weighted by Gasteiger charge is 2.44. The normalized spacial score (nSPS) is 13.7. The second-order valence-electron chi connectivity index (χ2n) is 14.7. The Morgan fingerprint density at radius 3 is 2.27 bits per heavy atom. The first-order valence-corrected chi connectivity index (χ1v) is 18.8. The zero-order valence-corrected chi connectivity index (χ0v) is 29.1. The summed E-state index contributed by atoms with van der Waals surface area (Å²) in [6.45, 7) is 4.73. The van der Waals surface area contributed by atoms with Gasteiger partial charge in [0.05, 0.1) is 22.4 Å². The zero-order valence-electron chi connectivity index (χ0n) is 28.3. The average Bonchev–Trinajstić information content (AvgIpc) is 3.52. The van der Waals surface area contributed by atoms with E-state index in [0.717, 1.165) is 0 Å². The molecular formula is C47H31BN2S. The molecular weight excluding hydrogens is 635 g/mol. The lowest BCUT2D eigenvalue weighted by molar-refractivity contribution is 0.868. The molecule has 0 unspecified atom stereocenters. The van der Waals surface area contributed by atoms with E-state index in [0.29, 0.717) is 5.92 Å². The number of anilines is 3. The Bertz CT molecular complexity index is 2990. The smallest absolute Gasteiger partial charge is 0.252 e. The molecule has 0 saturated heterocycles. The van der Waals surface area contributed by atoms with Crippen LogP contribution >= 0.6 is 11.8 Å². The highest BCUT2D eigenvalue weighted by atomic mass is 32.2. The minimum absolute atomic E-state index is 0.118. The third-order valence-electron chi connectivity index (χ3n) is 11.7. The van der Waals surface area contributed by atoms with Gasteiger partial charge in [-0.2, -0.15) is 0 Å². The van der Waals surface area contributed by atoms with Crippen molar-refractivity contribution in [2.45, 2.75) is 29.6 Å². The Labute approximate surface area is 301 Å². The number of nitrogens with zero attached hydrogens (tertiary/aromatic N) is 2. The van der Waals surface area contributed by atoms with Crippen molar-refractivity contribution in [3.63, 3.8) is 0 Å². The van der Waals surface area contributed by atoms with Gasteiger partial charge in [0.25, 0.3) is 6.71 Å². The maximum Gasteiger partial charge on any atom is 0.252 e. The summed E-state index contributed by atoms with van der Waals surface area (Å²) >= 11 is 1.91. The lowest BCUT2D eigenvalue weighted by Crippen LogP contribution is -2.60. The van der Waals surface area contributed by atoms with Crippen molar-refractivity contribution < 1.29 is 0 Å². The van der Waals surface area contributed by atoms with E-state index in [2.05, 4.69) is 169 Å². The average molecular weight is 667 g/mol. The van der Waals surface area contributed by atoms with Gasteiger partial charge in [-0.3, -0.25) is 0 Å². The largest absolute Gasteiger partial charge is 0.310 e. The summed E-state index contributed by atoms with van der Waals surface area (Å²) in [6, 6.07) is 55.1. The van der Waals surface area contributed by atoms with Gasteiger partial charge < -0.3 is 9.47 Å². The summed E-state index contributed by atoms with van der Waals surface area (Å²) in [5, 5.41) is 7.99. The molecule has 0 radical (unpaired) electrons. The van der Waals surface area contributed by atoms with E-state index < -0.39 is 0 Å². The number of benzene rings is 8. The fourth-order valence-electron chi connectivity index (χ4n) is 9.46. The molecule has 0 amide bonds. The fourth-order valence-corrected chi connectivity index (χ4v) is 10.6. The van der Waals surface area contributed by atoms with Crippen LogP contribution in [0.25, 0.3) is 60.2 Å². The second-order valence-corrected chi connectivity index (χ2v) is 15.7. The van der Waals surface area contributed by atoms with Crippen molar-refractivity contribution in [3.05, 3.63) is 151 Å². The molecule has 0 saturated carbocycles. The van der Waals surface area contributed by atoms with Crippen LogP contribution in [0.2, 0.25) is 0 Å². The summed E-state index contributed by atoms with van der Waals surface area (Å²) in [4.78, 5) is 5.18. The van der Waals surface area contributed by atoms with Crippen molar-refractivity contribution in [1.29, 1.82) is 0 Å². The second kappa shape index (κ2) is 9.96. The van der Waals surface area contributed by atoms with Crippen LogP contribution in [-0.2, 0) is 0 Å². The van der Waals surface area contributed by atoms with Gasteiger partial charge in [-0.05, 0) is 96.9 Å². The summed E-state index contributed by atoms with van der Waals surface area (Å²) < 4.78 is 2.62. The van der Waals surface area contributed by atoms with Gasteiger partial charge in [-0.1, -0.05) is 135 Å². The summed E-state index contributed by atoms with van der Waals surface area (Å²) in [5.41, 5.74) is 15.9. The Morgan fingerprint density at radius 1 is 0.549 bits per heavy atom. The Hall–Kier alpha value is -5.71. The van der Waals surface area contributed by atoms with Gasteiger partial charge in [0.2, 0.25) is 0 Å². The molecule has 1 aromatic heterocycles. The van der Waals surface area contributed by atoms with E-state index in [4.69, 9.17) is 0 Å². The van der Waals surface area contributed by atoms with Crippen LogP contribution in [0, 0.1) is 0 Å². The molecule has 9 aromatic rings. The van der Waals surface area contributed by atoms with Gasteiger partial charge in [0.15, 0.2) is 0 Å². The first-order valence-electron chi connectivity index (χ1n) is 18.0. The van der Waals surface area contributed by atoms with Gasteiger partial charge in [-0.15, -0.1) is 0 Å². The van der Waals surface area contributed by atoms with E-state index in [1.165, 1.54) is 109 Å². The first kappa shape index (κ1) is 28.0. The van der Waals surface area contributed by atoms with E-state index in [1.54, 1.807) is 0 Å². The van der Waals surface area contributed by atoms with Crippen LogP contribution < -0.4 is 21.3 Å². The molecule has 0 fully saturated rings. The number of rotatable bonds is 2. The molecule has 0 bridgehead atoms. The Balaban J connectivity index is 1.22. The van der Waals surface area contributed by atoms with Crippen molar-refractivity contribution >= 4 is 95.3 Å². The maximum atomic E-state index is 2.62. The highest BCUT2D eigenvalue weighted by molar-refractivity contribution is 7.99. The quantitative estimate of drug-likeness (QED) is 0.134. The lowest BCUT2D eigenvalue weighted by atomic mass is 9.33. The van der Waals surface area contributed by atoms with Crippen molar-refractivity contribution in [2.75, 3.05) is 4.90 Å². The summed E-state index contributed by atoms with van der Waals surface area (Å²) in [6.07, 6.45) is 0. The fraction of sp³-hybridized carbons (Fsp3) is 0.0638. The number of hydrogen-bond donors (Lipinski definition) is 0. The van der Waals surface area contributed by atoms with Crippen LogP contribution in [0.15, 0.2) is 155 Å². The number of fused-ring (bicyclic) bond motifs is 13. The minimum atomic E-state index is 0.118. The summed E-state index contributed by atoms with van der Waals surface area (Å²) in [7, 11) is 0. The third kappa shape index (κ3) is 3.60. The number of para-hydroxylation sites is 1. The van der Waals surface area contributed by atoms with E-state index in [9.17, 15) is 0 Å². The molecule has 0 atom stereocenters. The maximum absolute atomic E-state index is 2.62. The van der Waals surface area contributed by atoms with E-state index in [1.807, 2.05) is 11.8 Å². The number of hydrogen-bond acceptors (Lipinski definition) is 2. The monoisotopic (exact) mass is 666 g/mol. The van der Waals surface area contributed by atoms with Gasteiger partial charge in [-0.25, -0.2) is 0 Å². The van der Waals surface area contributed by atoms with Crippen molar-refractivity contribution in [2.24, 2.45) is 0 Å².